The van der Waals surface area contributed by atoms with Crippen LogP contribution in [0.15, 0.2) is 102 Å². The van der Waals surface area contributed by atoms with Crippen molar-refractivity contribution in [1.82, 2.24) is 10.2 Å². The van der Waals surface area contributed by atoms with Crippen molar-refractivity contribution in [3.05, 3.63) is 125 Å². The minimum absolute atomic E-state index is 0.125. The van der Waals surface area contributed by atoms with E-state index in [1.54, 1.807) is 17.0 Å². The predicted octanol–water partition coefficient (Wildman–Crippen LogP) is 5.39. The first kappa shape index (κ1) is 21.5. The van der Waals surface area contributed by atoms with Gasteiger partial charge in [-0.25, -0.2) is 4.79 Å². The van der Waals surface area contributed by atoms with Gasteiger partial charge in [0.05, 0.1) is 12.3 Å². The van der Waals surface area contributed by atoms with E-state index in [0.717, 1.165) is 23.1 Å². The highest BCUT2D eigenvalue weighted by Crippen LogP contribution is 2.25. The number of fused-ring (bicyclic) bond motifs is 1. The highest BCUT2D eigenvalue weighted by Gasteiger charge is 2.24. The van der Waals surface area contributed by atoms with Gasteiger partial charge in [-0.3, -0.25) is 4.79 Å². The fourth-order valence-corrected chi connectivity index (χ4v) is 4.31. The van der Waals surface area contributed by atoms with Crippen LogP contribution in [0.2, 0.25) is 0 Å². The van der Waals surface area contributed by atoms with E-state index in [1.807, 2.05) is 78.9 Å². The van der Waals surface area contributed by atoms with E-state index in [4.69, 9.17) is 4.42 Å². The maximum absolute atomic E-state index is 13.0. The summed E-state index contributed by atoms with van der Waals surface area (Å²) in [7, 11) is 0. The molecule has 0 aliphatic carbocycles. The summed E-state index contributed by atoms with van der Waals surface area (Å²) in [4.78, 5) is 27.4. The molecule has 1 aliphatic rings. The monoisotopic (exact) mass is 451 g/mol. The van der Waals surface area contributed by atoms with Crippen molar-refractivity contribution < 1.29 is 14.0 Å². The van der Waals surface area contributed by atoms with E-state index in [2.05, 4.69) is 10.6 Å². The molecule has 34 heavy (non-hydrogen) atoms. The molecule has 1 aliphatic heterocycles. The number of hydrogen-bond acceptors (Lipinski definition) is 3. The van der Waals surface area contributed by atoms with Gasteiger partial charge >= 0.3 is 6.03 Å². The molecule has 6 heteroatoms. The second-order valence-corrected chi connectivity index (χ2v) is 8.29. The van der Waals surface area contributed by atoms with Gasteiger partial charge in [0.25, 0.3) is 5.91 Å². The van der Waals surface area contributed by atoms with Crippen molar-refractivity contribution in [1.29, 1.82) is 0 Å². The third kappa shape index (κ3) is 4.71. The topological polar surface area (TPSA) is 74.6 Å². The van der Waals surface area contributed by atoms with Gasteiger partial charge in [0, 0.05) is 18.8 Å². The first-order valence-electron chi connectivity index (χ1n) is 11.3. The number of benzene rings is 3. The van der Waals surface area contributed by atoms with Gasteiger partial charge in [-0.1, -0.05) is 66.7 Å². The molecule has 170 valence electrons. The van der Waals surface area contributed by atoms with Gasteiger partial charge in [-0.15, -0.1) is 0 Å². The summed E-state index contributed by atoms with van der Waals surface area (Å²) in [6, 6.07) is 28.5. The van der Waals surface area contributed by atoms with Gasteiger partial charge in [0.2, 0.25) is 0 Å². The molecule has 0 radical (unpaired) electrons. The Balaban J connectivity index is 1.30. The number of anilines is 1. The number of amides is 3. The molecular formula is C28H25N3O3. The summed E-state index contributed by atoms with van der Waals surface area (Å²) in [5, 5.41) is 6.06. The summed E-state index contributed by atoms with van der Waals surface area (Å²) in [6.07, 6.45) is 2.27. The van der Waals surface area contributed by atoms with Gasteiger partial charge in [-0.2, -0.15) is 0 Å². The average molecular weight is 452 g/mol. The Morgan fingerprint density at radius 3 is 2.18 bits per heavy atom. The zero-order chi connectivity index (χ0) is 23.3. The Labute approximate surface area is 198 Å². The van der Waals surface area contributed by atoms with E-state index < -0.39 is 0 Å². The van der Waals surface area contributed by atoms with Crippen LogP contribution in [0.3, 0.4) is 0 Å². The van der Waals surface area contributed by atoms with Crippen molar-refractivity contribution in [2.24, 2.45) is 0 Å². The number of carbonyl (C=O) groups is 2. The Hall–Kier alpha value is -4.32. The molecular weight excluding hydrogens is 426 g/mol. The predicted molar refractivity (Wildman–Crippen MR) is 130 cm³/mol. The highest BCUT2D eigenvalue weighted by molar-refractivity contribution is 5.92. The van der Waals surface area contributed by atoms with Gasteiger partial charge in [-0.05, 0) is 52.9 Å². The number of nitrogens with zero attached hydrogens (tertiary/aromatic N) is 1. The molecule has 0 saturated heterocycles. The molecule has 3 amide bonds. The molecule has 0 atom stereocenters. The molecule has 4 aromatic rings. The van der Waals surface area contributed by atoms with E-state index >= 15 is 0 Å². The van der Waals surface area contributed by atoms with Crippen molar-refractivity contribution in [3.63, 3.8) is 0 Å². The van der Waals surface area contributed by atoms with Crippen LogP contribution in [0, 0.1) is 0 Å². The van der Waals surface area contributed by atoms with Gasteiger partial charge in [0.15, 0.2) is 5.76 Å². The third-order valence-electron chi connectivity index (χ3n) is 6.04. The zero-order valence-electron chi connectivity index (χ0n) is 18.6. The first-order valence-corrected chi connectivity index (χ1v) is 11.3. The minimum atomic E-state index is -0.294. The van der Waals surface area contributed by atoms with Gasteiger partial charge in [0.1, 0.15) is 0 Å². The van der Waals surface area contributed by atoms with Gasteiger partial charge < -0.3 is 20.0 Å². The van der Waals surface area contributed by atoms with Crippen molar-refractivity contribution in [3.8, 4) is 0 Å². The largest absolute Gasteiger partial charge is 0.459 e. The van der Waals surface area contributed by atoms with E-state index in [9.17, 15) is 9.59 Å². The highest BCUT2D eigenvalue weighted by atomic mass is 16.3. The van der Waals surface area contributed by atoms with E-state index in [-0.39, 0.29) is 18.0 Å². The molecule has 6 nitrogen and oxygen atoms in total. The number of rotatable bonds is 5. The third-order valence-corrected chi connectivity index (χ3v) is 6.04. The molecule has 5 rings (SSSR count). The zero-order valence-corrected chi connectivity index (χ0v) is 18.6. The van der Waals surface area contributed by atoms with Crippen molar-refractivity contribution in [2.45, 2.75) is 19.0 Å². The summed E-state index contributed by atoms with van der Waals surface area (Å²) in [6.45, 7) is 1.11. The summed E-state index contributed by atoms with van der Waals surface area (Å²) < 4.78 is 5.27. The SMILES string of the molecule is O=C(Nc1ccc2c(c1)CN(C(=O)c1ccco1)CC2)NC(c1ccccc1)c1ccccc1. The molecule has 0 bridgehead atoms. The first-order chi connectivity index (χ1) is 16.7. The molecule has 0 saturated carbocycles. The van der Waals surface area contributed by atoms with Crippen LogP contribution in [0.4, 0.5) is 10.5 Å². The summed E-state index contributed by atoms with van der Waals surface area (Å²) in [5.74, 6) is 0.213. The lowest BCUT2D eigenvalue weighted by Gasteiger charge is -2.28. The lowest BCUT2D eigenvalue weighted by molar-refractivity contribution is 0.0702. The Kier molecular flexibility index (Phi) is 6.12. The molecule has 0 spiro atoms. The second-order valence-electron chi connectivity index (χ2n) is 8.29. The number of hydrogen-bond donors (Lipinski definition) is 2. The average Bonchev–Trinajstić information content (AvgIpc) is 3.42. The van der Waals surface area contributed by atoms with E-state index in [0.29, 0.717) is 24.5 Å². The number of urea groups is 1. The van der Waals surface area contributed by atoms with Crippen LogP contribution in [-0.4, -0.2) is 23.4 Å². The Morgan fingerprint density at radius 2 is 1.53 bits per heavy atom. The fraction of sp³-hybridized carbons (Fsp3) is 0.143. The standard InChI is InChI=1S/C28H25N3O3/c32-27(25-12-7-17-34-25)31-16-15-20-13-14-24(18-23(20)19-31)29-28(33)30-26(21-8-3-1-4-9-21)22-10-5-2-6-11-22/h1-14,17-18,26H,15-16,19H2,(H2,29,30,33). The van der Waals surface area contributed by atoms with Crippen LogP contribution in [0.25, 0.3) is 0 Å². The molecule has 0 fully saturated rings. The molecule has 0 unspecified atom stereocenters. The normalized spacial score (nSPS) is 12.8. The minimum Gasteiger partial charge on any atom is -0.459 e. The maximum atomic E-state index is 13.0. The Bertz CT molecular complexity index is 1230. The molecule has 2 heterocycles. The van der Waals surface area contributed by atoms with Crippen LogP contribution >= 0.6 is 0 Å². The van der Waals surface area contributed by atoms with E-state index in [1.165, 1.54) is 11.8 Å². The van der Waals surface area contributed by atoms with Crippen LogP contribution in [-0.2, 0) is 13.0 Å². The fourth-order valence-electron chi connectivity index (χ4n) is 4.31. The number of nitrogens with one attached hydrogen (secondary N) is 2. The number of carbonyl (C=O) groups excluding carboxylic acids is 2. The maximum Gasteiger partial charge on any atom is 0.319 e. The quantitative estimate of drug-likeness (QED) is 0.427. The number of furan rings is 1. The molecule has 3 aromatic carbocycles. The lowest BCUT2D eigenvalue weighted by Crippen LogP contribution is -2.36. The molecule has 2 N–H and O–H groups in total. The molecule has 1 aromatic heterocycles. The Morgan fingerprint density at radius 1 is 0.824 bits per heavy atom. The smallest absolute Gasteiger partial charge is 0.319 e. The van der Waals surface area contributed by atoms with Crippen molar-refractivity contribution in [2.75, 3.05) is 11.9 Å². The van der Waals surface area contributed by atoms with Crippen LogP contribution < -0.4 is 10.6 Å². The lowest BCUT2D eigenvalue weighted by atomic mass is 9.98. The van der Waals surface area contributed by atoms with Crippen LogP contribution in [0.5, 0.6) is 0 Å². The summed E-state index contributed by atoms with van der Waals surface area (Å²) in [5.41, 5.74) is 4.89. The van der Waals surface area contributed by atoms with Crippen molar-refractivity contribution >= 4 is 17.6 Å². The summed E-state index contributed by atoms with van der Waals surface area (Å²) >= 11 is 0. The second kappa shape index (κ2) is 9.67. The van der Waals surface area contributed by atoms with Crippen LogP contribution in [0.1, 0.15) is 38.9 Å².